The zero-order chi connectivity index (χ0) is 14.5. The van der Waals surface area contributed by atoms with E-state index in [9.17, 15) is 13.2 Å². The van der Waals surface area contributed by atoms with E-state index in [1.165, 1.54) is 0 Å². The Bertz CT molecular complexity index is 620. The zero-order valence-electron chi connectivity index (χ0n) is 10.3. The molecule has 0 heterocycles. The van der Waals surface area contributed by atoms with Gasteiger partial charge in [-0.25, -0.2) is 8.42 Å². The molecule has 19 heavy (non-hydrogen) atoms. The number of nitrogens with zero attached hydrogens (tertiary/aromatic N) is 1. The third-order valence-corrected chi connectivity index (χ3v) is 4.36. The van der Waals surface area contributed by atoms with E-state index in [1.807, 2.05) is 0 Å². The number of hydrogen-bond donors (Lipinski definition) is 1. The van der Waals surface area contributed by atoms with E-state index in [1.54, 1.807) is 31.2 Å². The van der Waals surface area contributed by atoms with Crippen LogP contribution in [0.4, 0.5) is 5.69 Å². The first-order valence-corrected chi connectivity index (χ1v) is 7.68. The van der Waals surface area contributed by atoms with Crippen LogP contribution in [0, 0.1) is 18.3 Å². The Morgan fingerprint density at radius 1 is 1.47 bits per heavy atom. The minimum absolute atomic E-state index is 0.119. The molecule has 1 N–H and O–H groups in total. The van der Waals surface area contributed by atoms with Gasteiger partial charge < -0.3 is 5.32 Å². The second kappa shape index (κ2) is 6.55. The van der Waals surface area contributed by atoms with Crippen LogP contribution < -0.4 is 5.32 Å². The van der Waals surface area contributed by atoms with E-state index in [-0.39, 0.29) is 12.2 Å². The van der Waals surface area contributed by atoms with Crippen molar-refractivity contribution in [2.45, 2.75) is 13.3 Å². The molecule has 0 aromatic heterocycles. The van der Waals surface area contributed by atoms with Crippen LogP contribution in [0.5, 0.6) is 0 Å². The van der Waals surface area contributed by atoms with Crippen molar-refractivity contribution < 1.29 is 13.2 Å². The number of sulfone groups is 1. The first-order chi connectivity index (χ1) is 8.85. The largest absolute Gasteiger partial charge is 0.325 e. The number of hydrogen-bond acceptors (Lipinski definition) is 4. The summed E-state index contributed by atoms with van der Waals surface area (Å²) in [6.07, 6.45) is -0.119. The summed E-state index contributed by atoms with van der Waals surface area (Å²) in [6.45, 7) is 1.72. The lowest BCUT2D eigenvalue weighted by Crippen LogP contribution is -2.25. The number of halogens is 1. The summed E-state index contributed by atoms with van der Waals surface area (Å²) in [5.41, 5.74) is 1.15. The van der Waals surface area contributed by atoms with Crippen LogP contribution in [-0.4, -0.2) is 25.8 Å². The summed E-state index contributed by atoms with van der Waals surface area (Å²) in [7, 11) is -3.55. The van der Waals surface area contributed by atoms with Crippen molar-refractivity contribution >= 4 is 33.0 Å². The molecule has 5 nitrogen and oxygen atoms in total. The van der Waals surface area contributed by atoms with Gasteiger partial charge in [-0.05, 0) is 24.6 Å². The molecule has 1 aromatic rings. The fourth-order valence-corrected chi connectivity index (χ4v) is 2.60. The standard InChI is InChI=1S/C12H13ClN2O3S/c1-9-10(13)4-2-5-11(9)15-12(16)8-19(17,18)7-3-6-14/h2,4-5H,3,7-8H2,1H3,(H,15,16). The Morgan fingerprint density at radius 3 is 2.79 bits per heavy atom. The molecule has 1 rings (SSSR count). The summed E-state index contributed by atoms with van der Waals surface area (Å²) in [6, 6.07) is 6.71. The van der Waals surface area contributed by atoms with Gasteiger partial charge in [0.25, 0.3) is 0 Å². The maximum Gasteiger partial charge on any atom is 0.239 e. The zero-order valence-corrected chi connectivity index (χ0v) is 11.9. The second-order valence-corrected chi connectivity index (χ2v) is 6.55. The Balaban J connectivity index is 2.71. The van der Waals surface area contributed by atoms with E-state index in [4.69, 9.17) is 16.9 Å². The molecule has 0 aliphatic carbocycles. The minimum Gasteiger partial charge on any atom is -0.325 e. The van der Waals surface area contributed by atoms with Gasteiger partial charge in [0, 0.05) is 17.1 Å². The monoisotopic (exact) mass is 300 g/mol. The first kappa shape index (κ1) is 15.5. The van der Waals surface area contributed by atoms with Crippen molar-refractivity contribution in [3.63, 3.8) is 0 Å². The summed E-state index contributed by atoms with van der Waals surface area (Å²) in [5.74, 6) is -1.59. The Morgan fingerprint density at radius 2 is 2.16 bits per heavy atom. The molecule has 102 valence electrons. The summed E-state index contributed by atoms with van der Waals surface area (Å²) in [4.78, 5) is 11.6. The molecular formula is C12H13ClN2O3S. The molecule has 0 unspecified atom stereocenters. The van der Waals surface area contributed by atoms with Crippen molar-refractivity contribution in [1.82, 2.24) is 0 Å². The van der Waals surface area contributed by atoms with E-state index in [0.717, 1.165) is 0 Å². The van der Waals surface area contributed by atoms with Crippen molar-refractivity contribution in [2.24, 2.45) is 0 Å². The SMILES string of the molecule is Cc1c(Cl)cccc1NC(=O)CS(=O)(=O)CCC#N. The van der Waals surface area contributed by atoms with Gasteiger partial charge in [0.05, 0.1) is 11.8 Å². The summed E-state index contributed by atoms with van der Waals surface area (Å²) < 4.78 is 23.0. The molecule has 0 saturated carbocycles. The molecule has 0 saturated heterocycles. The average molecular weight is 301 g/mol. The van der Waals surface area contributed by atoms with Crippen molar-refractivity contribution in [2.75, 3.05) is 16.8 Å². The lowest BCUT2D eigenvalue weighted by molar-refractivity contribution is -0.113. The van der Waals surface area contributed by atoms with Crippen LogP contribution in [0.1, 0.15) is 12.0 Å². The lowest BCUT2D eigenvalue weighted by Gasteiger charge is -2.09. The van der Waals surface area contributed by atoms with E-state index >= 15 is 0 Å². The number of amides is 1. The number of carbonyl (C=O) groups is 1. The number of benzene rings is 1. The molecule has 7 heteroatoms. The molecule has 1 aromatic carbocycles. The van der Waals surface area contributed by atoms with E-state index < -0.39 is 21.5 Å². The van der Waals surface area contributed by atoms with Crippen LogP contribution >= 0.6 is 11.6 Å². The van der Waals surface area contributed by atoms with Gasteiger partial charge in [0.2, 0.25) is 5.91 Å². The van der Waals surface area contributed by atoms with Crippen LogP contribution in [0.3, 0.4) is 0 Å². The third-order valence-electron chi connectivity index (χ3n) is 2.42. The highest BCUT2D eigenvalue weighted by atomic mass is 35.5. The highest BCUT2D eigenvalue weighted by Crippen LogP contribution is 2.22. The quantitative estimate of drug-likeness (QED) is 0.900. The molecule has 1 amide bonds. The number of anilines is 1. The van der Waals surface area contributed by atoms with Gasteiger partial charge in [-0.3, -0.25) is 4.79 Å². The van der Waals surface area contributed by atoms with Gasteiger partial charge in [0.15, 0.2) is 9.84 Å². The van der Waals surface area contributed by atoms with Gasteiger partial charge >= 0.3 is 0 Å². The molecule has 0 bridgehead atoms. The second-order valence-electron chi connectivity index (χ2n) is 3.96. The van der Waals surface area contributed by atoms with Crippen LogP contribution in [0.15, 0.2) is 18.2 Å². The number of nitriles is 1. The molecule has 0 atom stereocenters. The van der Waals surface area contributed by atoms with Gasteiger partial charge in [-0.15, -0.1) is 0 Å². The van der Waals surface area contributed by atoms with E-state index in [2.05, 4.69) is 5.32 Å². The molecule has 0 aliphatic rings. The fourth-order valence-electron chi connectivity index (χ4n) is 1.40. The Kier molecular flexibility index (Phi) is 5.33. The molecule has 0 fully saturated rings. The van der Waals surface area contributed by atoms with Gasteiger partial charge in [-0.2, -0.15) is 5.26 Å². The first-order valence-electron chi connectivity index (χ1n) is 5.48. The number of carbonyl (C=O) groups excluding carboxylic acids is 1. The topological polar surface area (TPSA) is 87.0 Å². The maximum atomic E-state index is 11.6. The van der Waals surface area contributed by atoms with Gasteiger partial charge in [0.1, 0.15) is 5.75 Å². The summed E-state index contributed by atoms with van der Waals surface area (Å²) >= 11 is 5.89. The number of rotatable bonds is 5. The molecule has 0 aliphatic heterocycles. The normalized spacial score (nSPS) is 10.8. The van der Waals surface area contributed by atoms with Crippen LogP contribution in [-0.2, 0) is 14.6 Å². The predicted molar refractivity (Wildman–Crippen MR) is 73.7 cm³/mol. The molecule has 0 radical (unpaired) electrons. The smallest absolute Gasteiger partial charge is 0.239 e. The molecule has 0 spiro atoms. The van der Waals surface area contributed by atoms with Crippen LogP contribution in [0.2, 0.25) is 5.02 Å². The lowest BCUT2D eigenvalue weighted by atomic mass is 10.2. The van der Waals surface area contributed by atoms with Crippen LogP contribution in [0.25, 0.3) is 0 Å². The van der Waals surface area contributed by atoms with Gasteiger partial charge in [-0.1, -0.05) is 17.7 Å². The minimum atomic E-state index is -3.55. The summed E-state index contributed by atoms with van der Waals surface area (Å²) in [5, 5.41) is 11.3. The van der Waals surface area contributed by atoms with E-state index in [0.29, 0.717) is 16.3 Å². The van der Waals surface area contributed by atoms with Crippen molar-refractivity contribution in [3.8, 4) is 6.07 Å². The predicted octanol–water partition coefficient (Wildman–Crippen LogP) is 1.92. The number of nitrogens with one attached hydrogen (secondary N) is 1. The van der Waals surface area contributed by atoms with Crippen molar-refractivity contribution in [3.05, 3.63) is 28.8 Å². The third kappa shape index (κ3) is 4.89. The highest BCUT2D eigenvalue weighted by molar-refractivity contribution is 7.92. The van der Waals surface area contributed by atoms with Crippen molar-refractivity contribution in [1.29, 1.82) is 5.26 Å². The Labute approximate surface area is 117 Å². The fraction of sp³-hybridized carbons (Fsp3) is 0.333. The molecular weight excluding hydrogens is 288 g/mol. The maximum absolute atomic E-state index is 11.6. The highest BCUT2D eigenvalue weighted by Gasteiger charge is 2.17. The Hall–Kier alpha value is -1.58. The average Bonchev–Trinajstić information content (AvgIpc) is 2.32.